The maximum Gasteiger partial charge on any atom is 0.221 e. The van der Waals surface area contributed by atoms with Gasteiger partial charge in [0.2, 0.25) is 5.91 Å². The number of nitrogens with one attached hydrogen (secondary N) is 1. The van der Waals surface area contributed by atoms with Gasteiger partial charge in [0.1, 0.15) is 17.7 Å². The van der Waals surface area contributed by atoms with Crippen LogP contribution in [-0.4, -0.2) is 60.2 Å². The zero-order valence-corrected chi connectivity index (χ0v) is 14.2. The molecule has 0 aromatic carbocycles. The number of carbonyl (C=O) groups excluding carboxylic acids is 1. The second kappa shape index (κ2) is 8.64. The molecule has 3 heterocycles. The smallest absolute Gasteiger partial charge is 0.221 e. The van der Waals surface area contributed by atoms with E-state index in [1.807, 2.05) is 24.4 Å². The number of pyridine rings is 1. The van der Waals surface area contributed by atoms with Gasteiger partial charge in [0.25, 0.3) is 0 Å². The summed E-state index contributed by atoms with van der Waals surface area (Å²) in [4.78, 5) is 20.9. The quantitative estimate of drug-likeness (QED) is 0.781. The molecule has 1 saturated heterocycles. The van der Waals surface area contributed by atoms with Crippen molar-refractivity contribution in [1.82, 2.24) is 15.2 Å². The highest BCUT2D eigenvalue weighted by molar-refractivity contribution is 5.76. The monoisotopic (exact) mass is 344 g/mol. The number of carbonyl (C=O) groups is 1. The van der Waals surface area contributed by atoms with Gasteiger partial charge in [-0.1, -0.05) is 6.07 Å². The molecule has 0 spiro atoms. The number of aliphatic hydroxyl groups excluding tert-OH is 1. The van der Waals surface area contributed by atoms with E-state index >= 15 is 0 Å². The summed E-state index contributed by atoms with van der Waals surface area (Å²) in [6.07, 6.45) is 2.93. The molecule has 1 fully saturated rings. The SMILES string of the molecule is O=C(CCN1CCN(c2ccccn2)CC1)NCC(O)c1ccco1. The molecule has 0 saturated carbocycles. The van der Waals surface area contributed by atoms with Crippen molar-refractivity contribution in [3.8, 4) is 0 Å². The molecule has 2 aromatic rings. The Balaban J connectivity index is 1.33. The van der Waals surface area contributed by atoms with Crippen molar-refractivity contribution in [2.24, 2.45) is 0 Å². The summed E-state index contributed by atoms with van der Waals surface area (Å²) in [7, 11) is 0. The van der Waals surface area contributed by atoms with E-state index in [1.165, 1.54) is 6.26 Å². The van der Waals surface area contributed by atoms with Crippen molar-refractivity contribution in [3.05, 3.63) is 48.6 Å². The highest BCUT2D eigenvalue weighted by Gasteiger charge is 2.18. The second-order valence-corrected chi connectivity index (χ2v) is 6.10. The molecule has 0 bridgehead atoms. The van der Waals surface area contributed by atoms with Gasteiger partial charge in [-0.25, -0.2) is 4.98 Å². The lowest BCUT2D eigenvalue weighted by atomic mass is 10.2. The predicted octanol–water partition coefficient (Wildman–Crippen LogP) is 1.04. The standard InChI is InChI=1S/C18H24N4O3/c23-15(16-4-3-13-25-16)14-20-18(24)6-8-21-9-11-22(12-10-21)17-5-1-2-7-19-17/h1-5,7,13,15,23H,6,8-12,14H2,(H,20,24). The Labute approximate surface area is 147 Å². The number of hydrogen-bond donors (Lipinski definition) is 2. The van der Waals surface area contributed by atoms with E-state index in [4.69, 9.17) is 4.42 Å². The van der Waals surface area contributed by atoms with E-state index in [9.17, 15) is 9.90 Å². The molecule has 0 aliphatic carbocycles. The highest BCUT2D eigenvalue weighted by Crippen LogP contribution is 2.13. The average molecular weight is 344 g/mol. The summed E-state index contributed by atoms with van der Waals surface area (Å²) in [5.41, 5.74) is 0. The van der Waals surface area contributed by atoms with Crippen molar-refractivity contribution in [1.29, 1.82) is 0 Å². The Bertz CT molecular complexity index is 640. The minimum atomic E-state index is -0.805. The van der Waals surface area contributed by atoms with Gasteiger partial charge in [-0.05, 0) is 24.3 Å². The van der Waals surface area contributed by atoms with E-state index in [0.29, 0.717) is 12.2 Å². The van der Waals surface area contributed by atoms with Gasteiger partial charge in [0, 0.05) is 45.3 Å². The summed E-state index contributed by atoms with van der Waals surface area (Å²) in [5.74, 6) is 1.41. The lowest BCUT2D eigenvalue weighted by molar-refractivity contribution is -0.122. The van der Waals surface area contributed by atoms with Crippen LogP contribution in [0, 0.1) is 0 Å². The number of furan rings is 1. The van der Waals surface area contributed by atoms with Crippen molar-refractivity contribution in [3.63, 3.8) is 0 Å². The average Bonchev–Trinajstić information content (AvgIpc) is 3.20. The number of amides is 1. The molecule has 3 rings (SSSR count). The lowest BCUT2D eigenvalue weighted by Crippen LogP contribution is -2.47. The Morgan fingerprint density at radius 1 is 1.24 bits per heavy atom. The van der Waals surface area contributed by atoms with Gasteiger partial charge >= 0.3 is 0 Å². The third-order valence-electron chi connectivity index (χ3n) is 4.36. The van der Waals surface area contributed by atoms with Gasteiger partial charge in [0.05, 0.1) is 12.8 Å². The summed E-state index contributed by atoms with van der Waals surface area (Å²) in [5, 5.41) is 12.6. The number of piperazine rings is 1. The van der Waals surface area contributed by atoms with Crippen LogP contribution in [0.5, 0.6) is 0 Å². The van der Waals surface area contributed by atoms with Crippen molar-refractivity contribution in [2.45, 2.75) is 12.5 Å². The molecule has 2 aromatic heterocycles. The van der Waals surface area contributed by atoms with E-state index in [1.54, 1.807) is 12.1 Å². The van der Waals surface area contributed by atoms with Gasteiger partial charge in [0.15, 0.2) is 0 Å². The molecule has 25 heavy (non-hydrogen) atoms. The van der Waals surface area contributed by atoms with E-state index in [2.05, 4.69) is 20.1 Å². The van der Waals surface area contributed by atoms with Gasteiger partial charge in [-0.2, -0.15) is 0 Å². The van der Waals surface area contributed by atoms with Gasteiger partial charge in [-0.3, -0.25) is 9.69 Å². The number of nitrogens with zero attached hydrogens (tertiary/aromatic N) is 3. The van der Waals surface area contributed by atoms with E-state index in [-0.39, 0.29) is 12.5 Å². The molecule has 2 N–H and O–H groups in total. The molecule has 1 aliphatic heterocycles. The number of aliphatic hydroxyl groups is 1. The molecule has 7 heteroatoms. The second-order valence-electron chi connectivity index (χ2n) is 6.10. The number of aromatic nitrogens is 1. The Hall–Kier alpha value is -2.38. The summed E-state index contributed by atoms with van der Waals surface area (Å²) >= 11 is 0. The number of rotatable bonds is 7. The molecule has 134 valence electrons. The van der Waals surface area contributed by atoms with Crippen LogP contribution in [0.15, 0.2) is 47.2 Å². The lowest BCUT2D eigenvalue weighted by Gasteiger charge is -2.35. The maximum atomic E-state index is 11.9. The minimum Gasteiger partial charge on any atom is -0.467 e. The van der Waals surface area contributed by atoms with Crippen molar-refractivity contribution < 1.29 is 14.3 Å². The van der Waals surface area contributed by atoms with Crippen LogP contribution in [0.25, 0.3) is 0 Å². The van der Waals surface area contributed by atoms with Gasteiger partial charge < -0.3 is 19.7 Å². The van der Waals surface area contributed by atoms with E-state index < -0.39 is 6.10 Å². The Morgan fingerprint density at radius 3 is 2.76 bits per heavy atom. The largest absolute Gasteiger partial charge is 0.467 e. The molecule has 1 unspecified atom stereocenters. The molecular weight excluding hydrogens is 320 g/mol. The first-order valence-corrected chi connectivity index (χ1v) is 8.59. The van der Waals surface area contributed by atoms with Crippen LogP contribution in [-0.2, 0) is 4.79 Å². The Morgan fingerprint density at radius 2 is 2.08 bits per heavy atom. The molecule has 1 atom stereocenters. The van der Waals surface area contributed by atoms with Crippen molar-refractivity contribution >= 4 is 11.7 Å². The minimum absolute atomic E-state index is 0.0576. The van der Waals surface area contributed by atoms with Gasteiger partial charge in [-0.15, -0.1) is 0 Å². The first kappa shape index (κ1) is 17.4. The molecule has 7 nitrogen and oxygen atoms in total. The van der Waals surface area contributed by atoms with Crippen LogP contribution >= 0.6 is 0 Å². The highest BCUT2D eigenvalue weighted by atomic mass is 16.4. The molecule has 1 aliphatic rings. The van der Waals surface area contributed by atoms with Crippen LogP contribution < -0.4 is 10.2 Å². The number of hydrogen-bond acceptors (Lipinski definition) is 6. The summed E-state index contributed by atoms with van der Waals surface area (Å²) in [6, 6.07) is 9.34. The topological polar surface area (TPSA) is 81.8 Å². The zero-order chi connectivity index (χ0) is 17.5. The predicted molar refractivity (Wildman–Crippen MR) is 94.2 cm³/mol. The zero-order valence-electron chi connectivity index (χ0n) is 14.2. The maximum absolute atomic E-state index is 11.9. The van der Waals surface area contributed by atoms with Crippen LogP contribution in [0.4, 0.5) is 5.82 Å². The van der Waals surface area contributed by atoms with Crippen LogP contribution in [0.2, 0.25) is 0 Å². The summed E-state index contributed by atoms with van der Waals surface area (Å²) < 4.78 is 5.11. The first-order chi connectivity index (χ1) is 12.2. The van der Waals surface area contributed by atoms with Crippen molar-refractivity contribution in [2.75, 3.05) is 44.2 Å². The molecular formula is C18H24N4O3. The van der Waals surface area contributed by atoms with Crippen LogP contribution in [0.3, 0.4) is 0 Å². The third-order valence-corrected chi connectivity index (χ3v) is 4.36. The van der Waals surface area contributed by atoms with E-state index in [0.717, 1.165) is 38.5 Å². The number of anilines is 1. The first-order valence-electron chi connectivity index (χ1n) is 8.59. The summed E-state index contributed by atoms with van der Waals surface area (Å²) in [6.45, 7) is 4.54. The molecule has 1 amide bonds. The fourth-order valence-electron chi connectivity index (χ4n) is 2.88. The third kappa shape index (κ3) is 5.04. The van der Waals surface area contributed by atoms with Crippen LogP contribution in [0.1, 0.15) is 18.3 Å². The fourth-order valence-corrected chi connectivity index (χ4v) is 2.88. The molecule has 0 radical (unpaired) electrons. The normalized spacial score (nSPS) is 16.6. The fraction of sp³-hybridized carbons (Fsp3) is 0.444. The Kier molecular flexibility index (Phi) is 6.03.